The Morgan fingerprint density at radius 3 is 2.74 bits per heavy atom. The van der Waals surface area contributed by atoms with E-state index >= 15 is 0 Å². The topological polar surface area (TPSA) is 56.7 Å². The van der Waals surface area contributed by atoms with Crippen molar-refractivity contribution in [3.05, 3.63) is 54.1 Å². The number of benzene rings is 1. The molecule has 0 N–H and O–H groups in total. The van der Waals surface area contributed by atoms with Gasteiger partial charge in [-0.15, -0.1) is 0 Å². The average Bonchev–Trinajstić information content (AvgIpc) is 3.27. The van der Waals surface area contributed by atoms with Crippen molar-refractivity contribution in [2.75, 3.05) is 6.61 Å². The molecular weight excluding hydrogens is 292 g/mol. The number of ether oxygens (including phenoxy) is 2. The summed E-state index contributed by atoms with van der Waals surface area (Å²) in [4.78, 5) is 16.8. The number of hydrogen-bond acceptors (Lipinski definition) is 4. The summed E-state index contributed by atoms with van der Waals surface area (Å²) in [6, 6.07) is 10.1. The molecule has 2 fully saturated rings. The molecule has 1 aliphatic carbocycles. The maximum absolute atomic E-state index is 12.7. The van der Waals surface area contributed by atoms with Gasteiger partial charge in [0.05, 0.1) is 25.2 Å². The Kier molecular flexibility index (Phi) is 3.45. The predicted octanol–water partition coefficient (Wildman–Crippen LogP) is 2.97. The third-order valence-corrected chi connectivity index (χ3v) is 4.99. The number of aromatic nitrogens is 2. The number of epoxide rings is 1. The molecule has 0 amide bonds. The maximum Gasteiger partial charge on any atom is 0.357 e. The zero-order chi connectivity index (χ0) is 15.9. The number of carbonyl (C=O) groups is 1. The van der Waals surface area contributed by atoms with Crippen LogP contribution < -0.4 is 0 Å². The van der Waals surface area contributed by atoms with Crippen LogP contribution in [0.3, 0.4) is 0 Å². The summed E-state index contributed by atoms with van der Waals surface area (Å²) >= 11 is 0. The van der Waals surface area contributed by atoms with Gasteiger partial charge in [-0.25, -0.2) is 9.78 Å². The number of carbonyl (C=O) groups excluding carboxylic acids is 1. The third-order valence-electron chi connectivity index (χ3n) is 4.99. The third kappa shape index (κ3) is 2.55. The molecule has 2 aliphatic rings. The van der Waals surface area contributed by atoms with E-state index in [1.54, 1.807) is 12.5 Å². The maximum atomic E-state index is 12.7. The smallest absolute Gasteiger partial charge is 0.357 e. The summed E-state index contributed by atoms with van der Waals surface area (Å²) in [5.74, 6) is -0.305. The van der Waals surface area contributed by atoms with Crippen LogP contribution >= 0.6 is 0 Å². The first-order valence-corrected chi connectivity index (χ1v) is 8.11. The summed E-state index contributed by atoms with van der Waals surface area (Å²) in [6.45, 7) is 2.75. The van der Waals surface area contributed by atoms with E-state index in [2.05, 4.69) is 11.9 Å². The van der Waals surface area contributed by atoms with Gasteiger partial charge >= 0.3 is 5.97 Å². The molecule has 0 bridgehead atoms. The Morgan fingerprint density at radius 1 is 1.39 bits per heavy atom. The molecule has 5 heteroatoms. The van der Waals surface area contributed by atoms with Crippen molar-refractivity contribution in [1.29, 1.82) is 0 Å². The van der Waals surface area contributed by atoms with Crippen LogP contribution in [0.4, 0.5) is 0 Å². The number of hydrogen-bond donors (Lipinski definition) is 0. The minimum absolute atomic E-state index is 0.0239. The van der Waals surface area contributed by atoms with Gasteiger partial charge in [0.1, 0.15) is 17.4 Å². The van der Waals surface area contributed by atoms with Crippen LogP contribution in [0.15, 0.2) is 42.9 Å². The van der Waals surface area contributed by atoms with Crippen molar-refractivity contribution in [3.63, 3.8) is 0 Å². The Bertz CT molecular complexity index is 702. The second-order valence-electron chi connectivity index (χ2n) is 6.40. The number of nitrogens with zero attached hydrogens (tertiary/aromatic N) is 2. The summed E-state index contributed by atoms with van der Waals surface area (Å²) in [5, 5.41) is 0. The highest BCUT2D eigenvalue weighted by molar-refractivity contribution is 5.88. The second-order valence-corrected chi connectivity index (χ2v) is 6.40. The molecule has 1 saturated heterocycles. The molecule has 1 aromatic carbocycles. The first-order chi connectivity index (χ1) is 11.2. The van der Waals surface area contributed by atoms with Crippen molar-refractivity contribution in [2.45, 2.75) is 43.9 Å². The number of esters is 1. The first kappa shape index (κ1) is 14.5. The van der Waals surface area contributed by atoms with E-state index in [9.17, 15) is 4.79 Å². The lowest BCUT2D eigenvalue weighted by atomic mass is 9.77. The van der Waals surface area contributed by atoms with Crippen LogP contribution in [0.1, 0.15) is 48.3 Å². The molecule has 1 aromatic heterocycles. The van der Waals surface area contributed by atoms with E-state index in [-0.39, 0.29) is 18.1 Å². The standard InChI is InChI=1S/C18H20N2O3/c1-13(14-6-3-2-4-7-14)20-12-19-10-15(20)17(21)23-18(8-5-9-18)16-11-22-16/h2-4,6-7,10,12-13,16H,5,8-9,11H2,1H3. The molecule has 2 atom stereocenters. The highest BCUT2D eigenvalue weighted by Gasteiger charge is 2.54. The van der Waals surface area contributed by atoms with Gasteiger partial charge in [0.2, 0.25) is 0 Å². The Labute approximate surface area is 135 Å². The molecule has 2 aromatic rings. The molecule has 0 spiro atoms. The van der Waals surface area contributed by atoms with Gasteiger partial charge in [-0.3, -0.25) is 0 Å². The van der Waals surface area contributed by atoms with E-state index < -0.39 is 5.60 Å². The summed E-state index contributed by atoms with van der Waals surface area (Å²) in [6.07, 6.45) is 6.24. The molecule has 4 rings (SSSR count). The van der Waals surface area contributed by atoms with E-state index in [1.165, 1.54) is 0 Å². The summed E-state index contributed by atoms with van der Waals surface area (Å²) in [5.41, 5.74) is 1.22. The van der Waals surface area contributed by atoms with Gasteiger partial charge in [-0.1, -0.05) is 30.3 Å². The average molecular weight is 312 g/mol. The lowest BCUT2D eigenvalue weighted by Gasteiger charge is -2.39. The highest BCUT2D eigenvalue weighted by atomic mass is 16.6. The molecule has 2 heterocycles. The fourth-order valence-corrected chi connectivity index (χ4v) is 3.27. The molecular formula is C18H20N2O3. The van der Waals surface area contributed by atoms with Gasteiger partial charge in [-0.05, 0) is 31.7 Å². The monoisotopic (exact) mass is 312 g/mol. The van der Waals surface area contributed by atoms with Crippen molar-refractivity contribution in [2.24, 2.45) is 0 Å². The van der Waals surface area contributed by atoms with E-state index in [4.69, 9.17) is 9.47 Å². The van der Waals surface area contributed by atoms with E-state index in [1.807, 2.05) is 34.9 Å². The van der Waals surface area contributed by atoms with Crippen LogP contribution in [-0.4, -0.2) is 33.8 Å². The molecule has 0 radical (unpaired) electrons. The SMILES string of the molecule is CC(c1ccccc1)n1cncc1C(=O)OC1(C2CO2)CCC1. The summed E-state index contributed by atoms with van der Waals surface area (Å²) < 4.78 is 13.1. The van der Waals surface area contributed by atoms with Crippen LogP contribution in [-0.2, 0) is 9.47 Å². The molecule has 120 valence electrons. The fourth-order valence-electron chi connectivity index (χ4n) is 3.27. The predicted molar refractivity (Wildman–Crippen MR) is 84.2 cm³/mol. The van der Waals surface area contributed by atoms with Crippen molar-refractivity contribution >= 4 is 5.97 Å². The molecule has 1 saturated carbocycles. The quantitative estimate of drug-likeness (QED) is 0.629. The van der Waals surface area contributed by atoms with Crippen LogP contribution in [0, 0.1) is 0 Å². The summed E-state index contributed by atoms with van der Waals surface area (Å²) in [7, 11) is 0. The van der Waals surface area contributed by atoms with Gasteiger partial charge in [0, 0.05) is 0 Å². The fraction of sp³-hybridized carbons (Fsp3) is 0.444. The molecule has 1 aliphatic heterocycles. The minimum atomic E-state index is -0.401. The second kappa shape index (κ2) is 5.49. The Balaban J connectivity index is 1.56. The zero-order valence-electron chi connectivity index (χ0n) is 13.1. The lowest BCUT2D eigenvalue weighted by Crippen LogP contribution is -2.47. The van der Waals surface area contributed by atoms with Gasteiger partial charge in [0.25, 0.3) is 0 Å². The first-order valence-electron chi connectivity index (χ1n) is 8.11. The van der Waals surface area contributed by atoms with Crippen molar-refractivity contribution in [1.82, 2.24) is 9.55 Å². The normalized spacial score (nSPS) is 22.9. The largest absolute Gasteiger partial charge is 0.451 e. The van der Waals surface area contributed by atoms with Crippen LogP contribution in [0.25, 0.3) is 0 Å². The highest BCUT2D eigenvalue weighted by Crippen LogP contribution is 2.45. The Hall–Kier alpha value is -2.14. The van der Waals surface area contributed by atoms with Gasteiger partial charge < -0.3 is 14.0 Å². The molecule has 2 unspecified atom stereocenters. The van der Waals surface area contributed by atoms with Gasteiger partial charge in [0.15, 0.2) is 0 Å². The van der Waals surface area contributed by atoms with Crippen molar-refractivity contribution in [3.8, 4) is 0 Å². The number of imidazole rings is 1. The number of rotatable bonds is 5. The van der Waals surface area contributed by atoms with Gasteiger partial charge in [-0.2, -0.15) is 0 Å². The molecule has 5 nitrogen and oxygen atoms in total. The zero-order valence-corrected chi connectivity index (χ0v) is 13.1. The molecule has 23 heavy (non-hydrogen) atoms. The van der Waals surface area contributed by atoms with E-state index in [0.29, 0.717) is 12.3 Å². The van der Waals surface area contributed by atoms with Crippen molar-refractivity contribution < 1.29 is 14.3 Å². The van der Waals surface area contributed by atoms with Crippen LogP contribution in [0.5, 0.6) is 0 Å². The minimum Gasteiger partial charge on any atom is -0.451 e. The van der Waals surface area contributed by atoms with E-state index in [0.717, 1.165) is 24.8 Å². The van der Waals surface area contributed by atoms with Crippen LogP contribution in [0.2, 0.25) is 0 Å². The lowest BCUT2D eigenvalue weighted by molar-refractivity contribution is -0.0782. The Morgan fingerprint density at radius 2 is 2.13 bits per heavy atom.